The standard InChI is InChI=1S/C21H21ClN2O3/c1-2-3-10-20-23-13-16(12-17(21(25)26)19-9-6-11-27-19)24(20)14-15-7-4-5-8-18(15)22/h4-9,11-13H,2-3,10,14H2,1H3,(H,25,26). The summed E-state index contributed by atoms with van der Waals surface area (Å²) in [5.74, 6) is 0.167. The summed E-state index contributed by atoms with van der Waals surface area (Å²) in [6, 6.07) is 10.9. The van der Waals surface area contributed by atoms with Crippen LogP contribution in [0, 0.1) is 0 Å². The molecular formula is C21H21ClN2O3. The summed E-state index contributed by atoms with van der Waals surface area (Å²) in [5, 5.41) is 10.3. The smallest absolute Gasteiger partial charge is 0.339 e. The van der Waals surface area contributed by atoms with Crippen molar-refractivity contribution in [1.82, 2.24) is 9.55 Å². The first-order chi connectivity index (χ1) is 13.1. The summed E-state index contributed by atoms with van der Waals surface area (Å²) >= 11 is 6.33. The molecule has 6 heteroatoms. The van der Waals surface area contributed by atoms with Crippen LogP contribution in [0.25, 0.3) is 11.6 Å². The number of unbranched alkanes of at least 4 members (excludes halogenated alkanes) is 1. The van der Waals surface area contributed by atoms with Gasteiger partial charge in [-0.25, -0.2) is 9.78 Å². The molecule has 2 aromatic heterocycles. The van der Waals surface area contributed by atoms with E-state index in [1.54, 1.807) is 24.4 Å². The second-order valence-corrected chi connectivity index (χ2v) is 6.63. The van der Waals surface area contributed by atoms with Crippen molar-refractivity contribution in [3.05, 3.63) is 76.7 Å². The lowest BCUT2D eigenvalue weighted by Gasteiger charge is -2.12. The third-order valence-corrected chi connectivity index (χ3v) is 4.69. The summed E-state index contributed by atoms with van der Waals surface area (Å²) in [4.78, 5) is 16.3. The zero-order valence-electron chi connectivity index (χ0n) is 15.1. The Morgan fingerprint density at radius 1 is 1.30 bits per heavy atom. The average Bonchev–Trinajstić information content (AvgIpc) is 3.30. The van der Waals surface area contributed by atoms with E-state index >= 15 is 0 Å². The van der Waals surface area contributed by atoms with Gasteiger partial charge in [-0.15, -0.1) is 0 Å². The monoisotopic (exact) mass is 384 g/mol. The Kier molecular flexibility index (Phi) is 6.14. The van der Waals surface area contributed by atoms with Crippen LogP contribution in [0.4, 0.5) is 0 Å². The number of imidazole rings is 1. The SMILES string of the molecule is CCCCc1ncc(C=C(C(=O)O)c2ccco2)n1Cc1ccccc1Cl. The van der Waals surface area contributed by atoms with Crippen LogP contribution < -0.4 is 0 Å². The van der Waals surface area contributed by atoms with Gasteiger partial charge in [0.2, 0.25) is 0 Å². The van der Waals surface area contributed by atoms with Crippen LogP contribution in [0.15, 0.2) is 53.3 Å². The van der Waals surface area contributed by atoms with Gasteiger partial charge in [0, 0.05) is 11.4 Å². The lowest BCUT2D eigenvalue weighted by molar-refractivity contribution is -0.130. The number of aliphatic carboxylic acids is 1. The number of furan rings is 1. The first kappa shape index (κ1) is 19.0. The lowest BCUT2D eigenvalue weighted by Crippen LogP contribution is -2.08. The summed E-state index contributed by atoms with van der Waals surface area (Å²) in [6.45, 7) is 2.65. The molecule has 1 aromatic carbocycles. The van der Waals surface area contributed by atoms with Gasteiger partial charge < -0.3 is 14.1 Å². The highest BCUT2D eigenvalue weighted by molar-refractivity contribution is 6.31. The largest absolute Gasteiger partial charge is 0.478 e. The van der Waals surface area contributed by atoms with Gasteiger partial charge >= 0.3 is 5.97 Å². The van der Waals surface area contributed by atoms with Crippen LogP contribution in [-0.4, -0.2) is 20.6 Å². The molecule has 0 saturated carbocycles. The van der Waals surface area contributed by atoms with Gasteiger partial charge in [-0.05, 0) is 36.3 Å². The number of nitrogens with zero attached hydrogens (tertiary/aromatic N) is 2. The molecule has 0 aliphatic rings. The van der Waals surface area contributed by atoms with E-state index in [9.17, 15) is 9.90 Å². The summed E-state index contributed by atoms with van der Waals surface area (Å²) in [7, 11) is 0. The Morgan fingerprint density at radius 3 is 2.78 bits per heavy atom. The molecule has 1 N–H and O–H groups in total. The van der Waals surface area contributed by atoms with E-state index in [1.165, 1.54) is 6.26 Å². The number of aryl methyl sites for hydroxylation is 1. The second-order valence-electron chi connectivity index (χ2n) is 6.22. The Labute approximate surface area is 162 Å². The van der Waals surface area contributed by atoms with E-state index in [4.69, 9.17) is 16.0 Å². The molecule has 0 atom stereocenters. The topological polar surface area (TPSA) is 68.3 Å². The number of rotatable bonds is 8. The quantitative estimate of drug-likeness (QED) is 0.545. The molecule has 27 heavy (non-hydrogen) atoms. The van der Waals surface area contributed by atoms with Crippen molar-refractivity contribution in [2.45, 2.75) is 32.7 Å². The van der Waals surface area contributed by atoms with E-state index in [1.807, 2.05) is 28.8 Å². The van der Waals surface area contributed by atoms with Crippen molar-refractivity contribution < 1.29 is 14.3 Å². The number of hydrogen-bond donors (Lipinski definition) is 1. The van der Waals surface area contributed by atoms with E-state index in [0.29, 0.717) is 23.0 Å². The van der Waals surface area contributed by atoms with Crippen molar-refractivity contribution in [1.29, 1.82) is 0 Å². The van der Waals surface area contributed by atoms with Crippen molar-refractivity contribution >= 4 is 29.2 Å². The van der Waals surface area contributed by atoms with Gasteiger partial charge in [0.1, 0.15) is 17.2 Å². The molecule has 140 valence electrons. The highest BCUT2D eigenvalue weighted by Gasteiger charge is 2.17. The molecule has 5 nitrogen and oxygen atoms in total. The zero-order chi connectivity index (χ0) is 19.2. The second kappa shape index (κ2) is 8.73. The van der Waals surface area contributed by atoms with Crippen molar-refractivity contribution in [2.24, 2.45) is 0 Å². The van der Waals surface area contributed by atoms with Crippen LogP contribution in [0.1, 0.15) is 42.6 Å². The minimum atomic E-state index is -1.05. The molecular weight excluding hydrogens is 364 g/mol. The molecule has 0 unspecified atom stereocenters. The van der Waals surface area contributed by atoms with Gasteiger partial charge in [-0.3, -0.25) is 0 Å². The molecule has 2 heterocycles. The molecule has 0 aliphatic heterocycles. The maximum Gasteiger partial charge on any atom is 0.339 e. The van der Waals surface area contributed by atoms with Crippen LogP contribution in [0.2, 0.25) is 5.02 Å². The Hall–Kier alpha value is -2.79. The van der Waals surface area contributed by atoms with Gasteiger partial charge in [-0.1, -0.05) is 43.1 Å². The summed E-state index contributed by atoms with van der Waals surface area (Å²) in [6.07, 6.45) is 7.63. The zero-order valence-corrected chi connectivity index (χ0v) is 15.8. The Morgan fingerprint density at radius 2 is 2.11 bits per heavy atom. The minimum Gasteiger partial charge on any atom is -0.478 e. The number of carbonyl (C=O) groups is 1. The lowest BCUT2D eigenvalue weighted by atomic mass is 10.1. The van der Waals surface area contributed by atoms with E-state index in [-0.39, 0.29) is 5.57 Å². The number of benzene rings is 1. The summed E-state index contributed by atoms with van der Waals surface area (Å²) < 4.78 is 7.29. The molecule has 0 spiro atoms. The molecule has 0 amide bonds. The fourth-order valence-electron chi connectivity index (χ4n) is 2.88. The molecule has 0 fully saturated rings. The number of halogens is 1. The van der Waals surface area contributed by atoms with E-state index < -0.39 is 5.97 Å². The molecule has 3 rings (SSSR count). The molecule has 0 bridgehead atoms. The first-order valence-corrected chi connectivity index (χ1v) is 9.24. The predicted octanol–water partition coefficient (Wildman–Crippen LogP) is 5.15. The molecule has 0 radical (unpaired) electrons. The van der Waals surface area contributed by atoms with Crippen LogP contribution in [0.5, 0.6) is 0 Å². The average molecular weight is 385 g/mol. The van der Waals surface area contributed by atoms with Crippen LogP contribution in [-0.2, 0) is 17.8 Å². The maximum atomic E-state index is 11.7. The Bertz CT molecular complexity index is 942. The van der Waals surface area contributed by atoms with Gasteiger partial charge in [-0.2, -0.15) is 0 Å². The van der Waals surface area contributed by atoms with E-state index in [0.717, 1.165) is 30.7 Å². The summed E-state index contributed by atoms with van der Waals surface area (Å²) in [5.41, 5.74) is 1.75. The molecule has 3 aromatic rings. The number of aromatic nitrogens is 2. The van der Waals surface area contributed by atoms with Gasteiger partial charge in [0.15, 0.2) is 0 Å². The fraction of sp³-hybridized carbons (Fsp3) is 0.238. The normalized spacial score (nSPS) is 11.7. The first-order valence-electron chi connectivity index (χ1n) is 8.86. The van der Waals surface area contributed by atoms with Crippen LogP contribution in [0.3, 0.4) is 0 Å². The third kappa shape index (κ3) is 4.49. The van der Waals surface area contributed by atoms with Crippen LogP contribution >= 0.6 is 11.6 Å². The molecule has 0 saturated heterocycles. The third-order valence-electron chi connectivity index (χ3n) is 4.32. The Balaban J connectivity index is 2.04. The van der Waals surface area contributed by atoms with E-state index in [2.05, 4.69) is 11.9 Å². The van der Waals surface area contributed by atoms with Crippen molar-refractivity contribution in [2.75, 3.05) is 0 Å². The number of carboxylic acids is 1. The minimum absolute atomic E-state index is 0.0855. The fourth-order valence-corrected chi connectivity index (χ4v) is 3.07. The number of carboxylic acid groups (broad SMARTS) is 1. The number of hydrogen-bond acceptors (Lipinski definition) is 3. The predicted molar refractivity (Wildman–Crippen MR) is 106 cm³/mol. The van der Waals surface area contributed by atoms with Gasteiger partial charge in [0.25, 0.3) is 0 Å². The van der Waals surface area contributed by atoms with Gasteiger partial charge in [0.05, 0.1) is 24.7 Å². The maximum absolute atomic E-state index is 11.7. The highest BCUT2D eigenvalue weighted by atomic mass is 35.5. The van der Waals surface area contributed by atoms with Crippen molar-refractivity contribution in [3.8, 4) is 0 Å². The molecule has 0 aliphatic carbocycles. The van der Waals surface area contributed by atoms with Crippen molar-refractivity contribution in [3.63, 3.8) is 0 Å². The highest BCUT2D eigenvalue weighted by Crippen LogP contribution is 2.23.